The highest BCUT2D eigenvalue weighted by molar-refractivity contribution is 5.79. The van der Waals surface area contributed by atoms with E-state index in [9.17, 15) is 4.39 Å². The third-order valence-electron chi connectivity index (χ3n) is 4.47. The molecule has 158 valence electrons. The van der Waals surface area contributed by atoms with Crippen molar-refractivity contribution in [3.63, 3.8) is 0 Å². The van der Waals surface area contributed by atoms with Crippen molar-refractivity contribution >= 4 is 5.96 Å². The summed E-state index contributed by atoms with van der Waals surface area (Å²) >= 11 is 0. The highest BCUT2D eigenvalue weighted by atomic mass is 19.1. The molecule has 0 fully saturated rings. The molecule has 0 bridgehead atoms. The first-order valence-electron chi connectivity index (χ1n) is 10.1. The van der Waals surface area contributed by atoms with Crippen LogP contribution in [-0.2, 0) is 13.1 Å². The molecule has 0 saturated heterocycles. The minimum absolute atomic E-state index is 0.211. The molecule has 0 saturated carbocycles. The van der Waals surface area contributed by atoms with Gasteiger partial charge in [-0.15, -0.1) is 0 Å². The molecule has 0 aliphatic rings. The van der Waals surface area contributed by atoms with Gasteiger partial charge in [-0.05, 0) is 43.8 Å². The first-order valence-corrected chi connectivity index (χ1v) is 10.1. The molecule has 6 nitrogen and oxygen atoms in total. The van der Waals surface area contributed by atoms with Gasteiger partial charge in [0.05, 0.1) is 6.54 Å². The molecule has 1 heterocycles. The van der Waals surface area contributed by atoms with Gasteiger partial charge in [0.1, 0.15) is 17.8 Å². The van der Waals surface area contributed by atoms with Gasteiger partial charge in [0.15, 0.2) is 5.96 Å². The fourth-order valence-electron chi connectivity index (χ4n) is 2.94. The molecule has 0 aliphatic heterocycles. The van der Waals surface area contributed by atoms with Crippen LogP contribution < -0.4 is 10.6 Å². The first kappa shape index (κ1) is 21.5. The standard InChI is InChI=1S/C23H28FN5O/c1-3-25-23(26-13-14-29(2)16-18-9-11-20(24)12-10-18)27-15-21-17-30-22(28-21)19-7-5-4-6-8-19/h4-12,17H,3,13-16H2,1-2H3,(H2,25,26,27). The van der Waals surface area contributed by atoms with Crippen LogP contribution in [0.3, 0.4) is 0 Å². The van der Waals surface area contributed by atoms with Gasteiger partial charge >= 0.3 is 0 Å². The van der Waals surface area contributed by atoms with Gasteiger partial charge in [-0.2, -0.15) is 0 Å². The Bertz CT molecular complexity index is 924. The van der Waals surface area contributed by atoms with Crippen molar-refractivity contribution in [1.29, 1.82) is 0 Å². The lowest BCUT2D eigenvalue weighted by molar-refractivity contribution is 0.331. The number of aliphatic imine (C=N–C) groups is 1. The van der Waals surface area contributed by atoms with Gasteiger partial charge in [-0.3, -0.25) is 0 Å². The Morgan fingerprint density at radius 2 is 1.87 bits per heavy atom. The normalized spacial score (nSPS) is 11.7. The van der Waals surface area contributed by atoms with Crippen molar-refractivity contribution in [3.8, 4) is 11.5 Å². The van der Waals surface area contributed by atoms with Crippen molar-refractivity contribution in [2.24, 2.45) is 4.99 Å². The summed E-state index contributed by atoms with van der Waals surface area (Å²) < 4.78 is 18.6. The number of nitrogens with one attached hydrogen (secondary N) is 2. The Kier molecular flexibility index (Phi) is 7.97. The van der Waals surface area contributed by atoms with Crippen LogP contribution in [0.2, 0.25) is 0 Å². The highest BCUT2D eigenvalue weighted by Crippen LogP contribution is 2.18. The highest BCUT2D eigenvalue weighted by Gasteiger charge is 2.07. The molecule has 2 aromatic carbocycles. The second-order valence-electron chi connectivity index (χ2n) is 7.00. The maximum Gasteiger partial charge on any atom is 0.226 e. The topological polar surface area (TPSA) is 65.7 Å². The maximum absolute atomic E-state index is 13.0. The monoisotopic (exact) mass is 409 g/mol. The molecule has 30 heavy (non-hydrogen) atoms. The predicted octanol–water partition coefficient (Wildman–Crippen LogP) is 3.67. The summed E-state index contributed by atoms with van der Waals surface area (Å²) in [5, 5.41) is 6.58. The van der Waals surface area contributed by atoms with Gasteiger partial charge in [-0.25, -0.2) is 14.4 Å². The molecule has 0 atom stereocenters. The van der Waals surface area contributed by atoms with E-state index in [4.69, 9.17) is 4.42 Å². The van der Waals surface area contributed by atoms with Crippen LogP contribution in [0.5, 0.6) is 0 Å². The molecule has 0 amide bonds. The fraction of sp³-hybridized carbons (Fsp3) is 0.304. The minimum atomic E-state index is -0.211. The smallest absolute Gasteiger partial charge is 0.226 e. The average molecular weight is 410 g/mol. The summed E-state index contributed by atoms with van der Waals surface area (Å²) in [7, 11) is 2.04. The van der Waals surface area contributed by atoms with Crippen molar-refractivity contribution in [1.82, 2.24) is 20.5 Å². The van der Waals surface area contributed by atoms with Crippen molar-refractivity contribution in [2.75, 3.05) is 26.7 Å². The summed E-state index contributed by atoms with van der Waals surface area (Å²) in [5.74, 6) is 1.12. The Hall–Kier alpha value is -3.19. The second kappa shape index (κ2) is 11.1. The van der Waals surface area contributed by atoms with Gasteiger partial charge in [-0.1, -0.05) is 30.3 Å². The number of halogens is 1. The number of benzene rings is 2. The molecule has 0 radical (unpaired) electrons. The lowest BCUT2D eigenvalue weighted by Gasteiger charge is -2.18. The predicted molar refractivity (Wildman–Crippen MR) is 117 cm³/mol. The van der Waals surface area contributed by atoms with Gasteiger partial charge < -0.3 is 20.0 Å². The van der Waals surface area contributed by atoms with Crippen LogP contribution in [0.25, 0.3) is 11.5 Å². The van der Waals surface area contributed by atoms with E-state index in [1.54, 1.807) is 6.26 Å². The molecule has 0 spiro atoms. The van der Waals surface area contributed by atoms with Crippen LogP contribution in [-0.4, -0.2) is 42.5 Å². The number of aromatic nitrogens is 1. The Balaban J connectivity index is 1.48. The lowest BCUT2D eigenvalue weighted by atomic mass is 10.2. The lowest BCUT2D eigenvalue weighted by Crippen LogP contribution is -2.40. The Morgan fingerprint density at radius 1 is 1.10 bits per heavy atom. The molecule has 2 N–H and O–H groups in total. The van der Waals surface area contributed by atoms with E-state index in [2.05, 4.69) is 25.5 Å². The summed E-state index contributed by atoms with van der Waals surface area (Å²) in [6.07, 6.45) is 1.64. The third kappa shape index (κ3) is 6.70. The van der Waals surface area contributed by atoms with Crippen LogP contribution in [0, 0.1) is 5.82 Å². The van der Waals surface area contributed by atoms with Crippen LogP contribution in [0.15, 0.2) is 70.3 Å². The van der Waals surface area contributed by atoms with Crippen LogP contribution >= 0.6 is 0 Å². The quantitative estimate of drug-likeness (QED) is 0.417. The number of oxazole rings is 1. The SMILES string of the molecule is CCNC(=NCc1coc(-c2ccccc2)n1)NCCN(C)Cc1ccc(F)cc1. The van der Waals surface area contributed by atoms with Crippen molar-refractivity contribution < 1.29 is 8.81 Å². The molecule has 0 unspecified atom stereocenters. The number of guanidine groups is 1. The summed E-state index contributed by atoms with van der Waals surface area (Å²) in [6.45, 7) is 5.54. The number of hydrogen-bond acceptors (Lipinski definition) is 4. The maximum atomic E-state index is 13.0. The Labute approximate surface area is 176 Å². The largest absolute Gasteiger partial charge is 0.444 e. The molecular weight excluding hydrogens is 381 g/mol. The third-order valence-corrected chi connectivity index (χ3v) is 4.47. The molecular formula is C23H28FN5O. The summed E-state index contributed by atoms with van der Waals surface area (Å²) in [5.41, 5.74) is 2.81. The van der Waals surface area contributed by atoms with Gasteiger partial charge in [0, 0.05) is 31.7 Å². The van der Waals surface area contributed by atoms with Crippen LogP contribution in [0.1, 0.15) is 18.2 Å². The van der Waals surface area contributed by atoms with E-state index in [1.807, 2.05) is 56.4 Å². The second-order valence-corrected chi connectivity index (χ2v) is 7.00. The number of likely N-dealkylation sites (N-methyl/N-ethyl adjacent to an activating group) is 1. The zero-order valence-corrected chi connectivity index (χ0v) is 17.4. The van der Waals surface area contributed by atoms with Crippen molar-refractivity contribution in [3.05, 3.63) is 77.9 Å². The average Bonchev–Trinajstić information content (AvgIpc) is 3.23. The summed E-state index contributed by atoms with van der Waals surface area (Å²) in [6, 6.07) is 16.4. The van der Waals surface area contributed by atoms with Crippen LogP contribution in [0.4, 0.5) is 4.39 Å². The molecule has 7 heteroatoms. The molecule has 0 aliphatic carbocycles. The zero-order chi connectivity index (χ0) is 21.2. The first-order chi connectivity index (χ1) is 14.6. The molecule has 1 aromatic heterocycles. The van der Waals surface area contributed by atoms with Gasteiger partial charge in [0.2, 0.25) is 5.89 Å². The van der Waals surface area contributed by atoms with Crippen molar-refractivity contribution in [2.45, 2.75) is 20.0 Å². The van der Waals surface area contributed by atoms with E-state index in [1.165, 1.54) is 12.1 Å². The van der Waals surface area contributed by atoms with E-state index >= 15 is 0 Å². The molecule has 3 rings (SSSR count). The van der Waals surface area contributed by atoms with E-state index < -0.39 is 0 Å². The van der Waals surface area contributed by atoms with E-state index in [0.717, 1.165) is 49.0 Å². The number of hydrogen-bond donors (Lipinski definition) is 2. The fourth-order valence-corrected chi connectivity index (χ4v) is 2.94. The summed E-state index contributed by atoms with van der Waals surface area (Å²) in [4.78, 5) is 11.3. The Morgan fingerprint density at radius 3 is 2.60 bits per heavy atom. The van der Waals surface area contributed by atoms with Gasteiger partial charge in [0.25, 0.3) is 0 Å². The number of rotatable bonds is 9. The number of nitrogens with zero attached hydrogens (tertiary/aromatic N) is 3. The van der Waals surface area contributed by atoms with E-state index in [0.29, 0.717) is 12.4 Å². The zero-order valence-electron chi connectivity index (χ0n) is 17.4. The molecule has 3 aromatic rings. The minimum Gasteiger partial charge on any atom is -0.444 e. The van der Waals surface area contributed by atoms with E-state index in [-0.39, 0.29) is 5.82 Å².